The lowest BCUT2D eigenvalue weighted by Crippen LogP contribution is -1.76. The summed E-state index contributed by atoms with van der Waals surface area (Å²) in [4.78, 5) is 15.3. The van der Waals surface area contributed by atoms with Crippen LogP contribution < -0.4 is 0 Å². The molecule has 2 rings (SSSR count). The lowest BCUT2D eigenvalue weighted by atomic mass is 10.2. The topological polar surface area (TPSA) is 30.0 Å². The summed E-state index contributed by atoms with van der Waals surface area (Å²) >= 11 is 10.6. The fourth-order valence-corrected chi connectivity index (χ4v) is 2.26. The van der Waals surface area contributed by atoms with E-state index in [4.69, 9.17) is 11.6 Å². The molecule has 1 heterocycles. The average molecular weight is 303 g/mol. The second-order valence-corrected chi connectivity index (χ2v) is 5.14. The number of hydrogen-bond acceptors (Lipinski definition) is 3. The van der Waals surface area contributed by atoms with Crippen LogP contribution in [0.2, 0.25) is 5.02 Å². The van der Waals surface area contributed by atoms with Gasteiger partial charge in [0.1, 0.15) is 5.01 Å². The molecule has 0 atom stereocenters. The number of halogens is 2. The van der Waals surface area contributed by atoms with Gasteiger partial charge in [0.15, 0.2) is 6.29 Å². The standard InChI is InChI=1S/C10H5BrClNOS/c11-8-2-1-6(3-9(8)12)10-13-4-7(5-14)15-10/h1-5H. The summed E-state index contributed by atoms with van der Waals surface area (Å²) in [7, 11) is 0. The highest BCUT2D eigenvalue weighted by Crippen LogP contribution is 2.30. The van der Waals surface area contributed by atoms with Gasteiger partial charge >= 0.3 is 0 Å². The molecule has 0 spiro atoms. The first kappa shape index (κ1) is 10.8. The van der Waals surface area contributed by atoms with Crippen LogP contribution in [-0.4, -0.2) is 11.3 Å². The van der Waals surface area contributed by atoms with E-state index in [0.29, 0.717) is 9.90 Å². The molecule has 0 aliphatic rings. The summed E-state index contributed by atoms with van der Waals surface area (Å²) in [6.07, 6.45) is 2.35. The van der Waals surface area contributed by atoms with E-state index >= 15 is 0 Å². The summed E-state index contributed by atoms with van der Waals surface area (Å²) in [5, 5.41) is 1.43. The number of nitrogens with zero attached hydrogens (tertiary/aromatic N) is 1. The Morgan fingerprint density at radius 1 is 1.47 bits per heavy atom. The maximum absolute atomic E-state index is 10.5. The van der Waals surface area contributed by atoms with Crippen LogP contribution in [-0.2, 0) is 0 Å². The van der Waals surface area contributed by atoms with E-state index in [2.05, 4.69) is 20.9 Å². The number of carbonyl (C=O) groups excluding carboxylic acids is 1. The molecule has 0 fully saturated rings. The molecule has 5 heteroatoms. The Balaban J connectivity index is 2.44. The minimum atomic E-state index is 0.615. The fraction of sp³-hybridized carbons (Fsp3) is 0. The molecule has 0 N–H and O–H groups in total. The SMILES string of the molecule is O=Cc1cnc(-c2ccc(Br)c(Cl)c2)s1. The van der Waals surface area contributed by atoms with Crippen LogP contribution in [0.25, 0.3) is 10.6 Å². The van der Waals surface area contributed by atoms with E-state index in [1.807, 2.05) is 18.2 Å². The van der Waals surface area contributed by atoms with Crippen molar-refractivity contribution in [1.29, 1.82) is 0 Å². The zero-order chi connectivity index (χ0) is 10.8. The van der Waals surface area contributed by atoms with Crippen molar-refractivity contribution in [3.63, 3.8) is 0 Å². The number of aldehydes is 1. The molecule has 2 aromatic rings. The van der Waals surface area contributed by atoms with Gasteiger partial charge in [0.05, 0.1) is 9.90 Å². The monoisotopic (exact) mass is 301 g/mol. The molecular weight excluding hydrogens is 298 g/mol. The first-order chi connectivity index (χ1) is 7.20. The lowest BCUT2D eigenvalue weighted by Gasteiger charge is -1.98. The van der Waals surface area contributed by atoms with E-state index in [1.54, 1.807) is 6.20 Å². The first-order valence-electron chi connectivity index (χ1n) is 4.07. The van der Waals surface area contributed by atoms with Gasteiger partial charge in [0, 0.05) is 16.2 Å². The molecular formula is C10H5BrClNOS. The van der Waals surface area contributed by atoms with Crippen LogP contribution in [0.5, 0.6) is 0 Å². The Bertz CT molecular complexity index is 512. The van der Waals surface area contributed by atoms with Gasteiger partial charge < -0.3 is 0 Å². The van der Waals surface area contributed by atoms with Crippen molar-refractivity contribution in [2.45, 2.75) is 0 Å². The van der Waals surface area contributed by atoms with Gasteiger partial charge in [-0.2, -0.15) is 0 Å². The van der Waals surface area contributed by atoms with Crippen molar-refractivity contribution in [2.24, 2.45) is 0 Å². The average Bonchev–Trinajstić information content (AvgIpc) is 2.70. The van der Waals surface area contributed by atoms with Crippen molar-refractivity contribution in [3.8, 4) is 10.6 Å². The zero-order valence-electron chi connectivity index (χ0n) is 7.41. The normalized spacial score (nSPS) is 10.3. The van der Waals surface area contributed by atoms with E-state index in [1.165, 1.54) is 11.3 Å². The summed E-state index contributed by atoms with van der Waals surface area (Å²) in [6, 6.07) is 5.59. The Morgan fingerprint density at radius 2 is 2.27 bits per heavy atom. The van der Waals surface area contributed by atoms with Crippen molar-refractivity contribution >= 4 is 45.2 Å². The highest BCUT2D eigenvalue weighted by atomic mass is 79.9. The second kappa shape index (κ2) is 4.43. The predicted octanol–water partition coefficient (Wildman–Crippen LogP) is 4.04. The highest BCUT2D eigenvalue weighted by Gasteiger charge is 2.06. The van der Waals surface area contributed by atoms with Crippen LogP contribution in [0.4, 0.5) is 0 Å². The molecule has 1 aromatic carbocycles. The minimum absolute atomic E-state index is 0.615. The summed E-state index contributed by atoms with van der Waals surface area (Å²) < 4.78 is 0.847. The molecule has 0 amide bonds. The number of aromatic nitrogens is 1. The van der Waals surface area contributed by atoms with Crippen molar-refractivity contribution in [3.05, 3.63) is 38.8 Å². The van der Waals surface area contributed by atoms with Gasteiger partial charge in [-0.3, -0.25) is 4.79 Å². The van der Waals surface area contributed by atoms with Crippen LogP contribution >= 0.6 is 38.9 Å². The van der Waals surface area contributed by atoms with Crippen LogP contribution in [0.1, 0.15) is 9.67 Å². The fourth-order valence-electron chi connectivity index (χ4n) is 1.10. The van der Waals surface area contributed by atoms with E-state index in [-0.39, 0.29) is 0 Å². The maximum atomic E-state index is 10.5. The Hall–Kier alpha value is -0.710. The Kier molecular flexibility index (Phi) is 3.19. The van der Waals surface area contributed by atoms with Gasteiger partial charge in [-0.05, 0) is 28.1 Å². The minimum Gasteiger partial charge on any atom is -0.297 e. The predicted molar refractivity (Wildman–Crippen MR) is 65.6 cm³/mol. The quantitative estimate of drug-likeness (QED) is 0.784. The van der Waals surface area contributed by atoms with Crippen LogP contribution in [0, 0.1) is 0 Å². The summed E-state index contributed by atoms with van der Waals surface area (Å²) in [5.41, 5.74) is 0.918. The van der Waals surface area contributed by atoms with E-state index in [0.717, 1.165) is 21.3 Å². The van der Waals surface area contributed by atoms with Gasteiger partial charge in [-0.1, -0.05) is 17.7 Å². The molecule has 15 heavy (non-hydrogen) atoms. The molecule has 0 bridgehead atoms. The second-order valence-electron chi connectivity index (χ2n) is 2.81. The lowest BCUT2D eigenvalue weighted by molar-refractivity contribution is 0.112. The molecule has 1 aromatic heterocycles. The van der Waals surface area contributed by atoms with Crippen molar-refractivity contribution in [1.82, 2.24) is 4.98 Å². The molecule has 0 radical (unpaired) electrons. The molecule has 2 nitrogen and oxygen atoms in total. The Labute approximate surface area is 104 Å². The summed E-state index contributed by atoms with van der Waals surface area (Å²) in [6.45, 7) is 0. The Morgan fingerprint density at radius 3 is 2.87 bits per heavy atom. The zero-order valence-corrected chi connectivity index (χ0v) is 10.6. The maximum Gasteiger partial charge on any atom is 0.161 e. The number of rotatable bonds is 2. The molecule has 0 saturated heterocycles. The van der Waals surface area contributed by atoms with Crippen LogP contribution in [0.15, 0.2) is 28.9 Å². The first-order valence-corrected chi connectivity index (χ1v) is 6.06. The van der Waals surface area contributed by atoms with Gasteiger partial charge in [-0.15, -0.1) is 11.3 Å². The molecule has 0 saturated carbocycles. The largest absolute Gasteiger partial charge is 0.297 e. The number of carbonyl (C=O) groups is 1. The van der Waals surface area contributed by atoms with Crippen LogP contribution in [0.3, 0.4) is 0 Å². The molecule has 0 aliphatic carbocycles. The van der Waals surface area contributed by atoms with Crippen molar-refractivity contribution < 1.29 is 4.79 Å². The van der Waals surface area contributed by atoms with Gasteiger partial charge in [0.2, 0.25) is 0 Å². The number of hydrogen-bond donors (Lipinski definition) is 0. The molecule has 0 aliphatic heterocycles. The number of thiazole rings is 1. The third-order valence-electron chi connectivity index (χ3n) is 1.81. The molecule has 0 unspecified atom stereocenters. The van der Waals surface area contributed by atoms with Gasteiger partial charge in [-0.25, -0.2) is 4.98 Å². The summed E-state index contributed by atoms with van der Waals surface area (Å²) in [5.74, 6) is 0. The van der Waals surface area contributed by atoms with Crippen molar-refractivity contribution in [2.75, 3.05) is 0 Å². The third-order valence-corrected chi connectivity index (χ3v) is 4.01. The van der Waals surface area contributed by atoms with Gasteiger partial charge in [0.25, 0.3) is 0 Å². The van der Waals surface area contributed by atoms with E-state index < -0.39 is 0 Å². The van der Waals surface area contributed by atoms with E-state index in [9.17, 15) is 4.79 Å². The smallest absolute Gasteiger partial charge is 0.161 e. The number of benzene rings is 1. The molecule has 76 valence electrons. The third kappa shape index (κ3) is 2.27. The highest BCUT2D eigenvalue weighted by molar-refractivity contribution is 9.10.